The fourth-order valence-electron chi connectivity index (χ4n) is 3.76. The number of likely N-dealkylation sites (tertiary alicyclic amines) is 1. The molecule has 1 atom stereocenters. The van der Waals surface area contributed by atoms with Crippen molar-refractivity contribution in [3.05, 3.63) is 101 Å². The van der Waals surface area contributed by atoms with Crippen molar-refractivity contribution in [3.8, 4) is 0 Å². The van der Waals surface area contributed by atoms with Gasteiger partial charge in [-0.2, -0.15) is 0 Å². The second kappa shape index (κ2) is 7.75. The Bertz CT molecular complexity index is 919. The van der Waals surface area contributed by atoms with Crippen LogP contribution in [-0.2, 0) is 6.42 Å². The molecule has 0 aliphatic carbocycles. The monoisotopic (exact) mass is 356 g/mol. The number of nitrogens with zero attached hydrogens (tertiary/aromatic N) is 2. The molecule has 3 aromatic rings. The highest BCUT2D eigenvalue weighted by atomic mass is 16.2. The van der Waals surface area contributed by atoms with Crippen molar-refractivity contribution in [1.29, 1.82) is 0 Å². The molecule has 1 unspecified atom stereocenters. The van der Waals surface area contributed by atoms with E-state index in [-0.39, 0.29) is 11.9 Å². The van der Waals surface area contributed by atoms with Gasteiger partial charge in [0.05, 0.1) is 11.7 Å². The molecule has 4 rings (SSSR count). The van der Waals surface area contributed by atoms with Crippen LogP contribution in [0.25, 0.3) is 0 Å². The van der Waals surface area contributed by atoms with Crippen molar-refractivity contribution < 1.29 is 4.79 Å². The number of benzene rings is 2. The van der Waals surface area contributed by atoms with E-state index in [9.17, 15) is 4.79 Å². The van der Waals surface area contributed by atoms with E-state index < -0.39 is 0 Å². The topological polar surface area (TPSA) is 33.2 Å². The van der Waals surface area contributed by atoms with Gasteiger partial charge in [-0.1, -0.05) is 54.1 Å². The summed E-state index contributed by atoms with van der Waals surface area (Å²) >= 11 is 0. The van der Waals surface area contributed by atoms with E-state index in [4.69, 9.17) is 4.98 Å². The summed E-state index contributed by atoms with van der Waals surface area (Å²) in [5.74, 6) is 0.101. The molecule has 3 nitrogen and oxygen atoms in total. The number of pyridine rings is 1. The zero-order valence-corrected chi connectivity index (χ0v) is 15.6. The number of carbonyl (C=O) groups excluding carboxylic acids is 1. The second-order valence-corrected chi connectivity index (χ2v) is 7.24. The van der Waals surface area contributed by atoms with Crippen LogP contribution in [-0.4, -0.2) is 22.3 Å². The summed E-state index contributed by atoms with van der Waals surface area (Å²) in [6.45, 7) is 2.89. The van der Waals surface area contributed by atoms with Gasteiger partial charge in [-0.3, -0.25) is 9.78 Å². The maximum Gasteiger partial charge on any atom is 0.254 e. The molecule has 136 valence electrons. The molecular weight excluding hydrogens is 332 g/mol. The summed E-state index contributed by atoms with van der Waals surface area (Å²) in [6.07, 6.45) is 2.81. The Morgan fingerprint density at radius 2 is 1.78 bits per heavy atom. The Kier molecular flexibility index (Phi) is 5.01. The summed E-state index contributed by atoms with van der Waals surface area (Å²) in [5, 5.41) is 0. The van der Waals surface area contributed by atoms with E-state index in [0.29, 0.717) is 0 Å². The Morgan fingerprint density at radius 3 is 2.56 bits per heavy atom. The van der Waals surface area contributed by atoms with E-state index in [2.05, 4.69) is 49.4 Å². The SMILES string of the molecule is Cc1ccc(Cc2cccc(C3CCCN3C(=O)c3ccccc3)n2)cc1. The third-order valence-corrected chi connectivity index (χ3v) is 5.21. The van der Waals surface area contributed by atoms with Crippen molar-refractivity contribution in [3.63, 3.8) is 0 Å². The zero-order chi connectivity index (χ0) is 18.6. The van der Waals surface area contributed by atoms with Crippen LogP contribution in [0.15, 0.2) is 72.8 Å². The molecule has 0 spiro atoms. The van der Waals surface area contributed by atoms with Crippen LogP contribution in [0, 0.1) is 6.92 Å². The van der Waals surface area contributed by atoms with Gasteiger partial charge in [-0.15, -0.1) is 0 Å². The molecule has 1 aliphatic heterocycles. The predicted molar refractivity (Wildman–Crippen MR) is 108 cm³/mol. The summed E-state index contributed by atoms with van der Waals surface area (Å²) < 4.78 is 0. The fraction of sp³-hybridized carbons (Fsp3) is 0.250. The van der Waals surface area contributed by atoms with Gasteiger partial charge in [0.1, 0.15) is 0 Å². The molecule has 2 heterocycles. The lowest BCUT2D eigenvalue weighted by Gasteiger charge is -2.25. The summed E-state index contributed by atoms with van der Waals surface area (Å²) in [6, 6.07) is 24.4. The lowest BCUT2D eigenvalue weighted by Crippen LogP contribution is -2.31. The van der Waals surface area contributed by atoms with Gasteiger partial charge in [0.2, 0.25) is 0 Å². The van der Waals surface area contributed by atoms with E-state index in [1.54, 1.807) is 0 Å². The van der Waals surface area contributed by atoms with Gasteiger partial charge >= 0.3 is 0 Å². The fourth-order valence-corrected chi connectivity index (χ4v) is 3.76. The minimum absolute atomic E-state index is 0.0654. The summed E-state index contributed by atoms with van der Waals surface area (Å²) in [4.78, 5) is 19.8. The first-order valence-corrected chi connectivity index (χ1v) is 9.58. The van der Waals surface area contributed by atoms with Crippen molar-refractivity contribution in [1.82, 2.24) is 9.88 Å². The molecular formula is C24H24N2O. The maximum atomic E-state index is 12.9. The lowest BCUT2D eigenvalue weighted by molar-refractivity contribution is 0.0733. The molecule has 0 radical (unpaired) electrons. The summed E-state index contributed by atoms with van der Waals surface area (Å²) in [7, 11) is 0. The van der Waals surface area contributed by atoms with Gasteiger partial charge in [0.15, 0.2) is 0 Å². The molecule has 1 aromatic heterocycles. The number of hydrogen-bond donors (Lipinski definition) is 0. The van der Waals surface area contributed by atoms with E-state index in [1.807, 2.05) is 35.2 Å². The molecule has 1 saturated heterocycles. The van der Waals surface area contributed by atoms with E-state index >= 15 is 0 Å². The third-order valence-electron chi connectivity index (χ3n) is 5.21. The molecule has 0 saturated carbocycles. The van der Waals surface area contributed by atoms with Crippen LogP contribution in [0.3, 0.4) is 0 Å². The molecule has 1 aliphatic rings. The first kappa shape index (κ1) is 17.5. The van der Waals surface area contributed by atoms with E-state index in [0.717, 1.165) is 42.8 Å². The quantitative estimate of drug-likeness (QED) is 0.662. The van der Waals surface area contributed by atoms with Crippen molar-refractivity contribution in [2.45, 2.75) is 32.2 Å². The Labute approximate surface area is 160 Å². The minimum atomic E-state index is 0.0654. The first-order valence-electron chi connectivity index (χ1n) is 9.58. The Balaban J connectivity index is 1.55. The number of aryl methyl sites for hydroxylation is 1. The predicted octanol–water partition coefficient (Wildman–Crippen LogP) is 4.96. The number of rotatable bonds is 4. The van der Waals surface area contributed by atoms with Crippen LogP contribution in [0.5, 0.6) is 0 Å². The molecule has 1 fully saturated rings. The highest BCUT2D eigenvalue weighted by Gasteiger charge is 2.31. The number of aromatic nitrogens is 1. The standard InChI is InChI=1S/C24H24N2O/c1-18-12-14-19(15-13-18)17-21-9-5-10-22(25-21)23-11-6-16-26(23)24(27)20-7-3-2-4-8-20/h2-5,7-10,12-15,23H,6,11,16-17H2,1H3. The maximum absolute atomic E-state index is 12.9. The van der Waals surface area contributed by atoms with Crippen LogP contribution >= 0.6 is 0 Å². The van der Waals surface area contributed by atoms with Crippen LogP contribution in [0.1, 0.15) is 51.8 Å². The molecule has 2 aromatic carbocycles. The summed E-state index contributed by atoms with van der Waals surface area (Å²) in [5.41, 5.74) is 5.33. The highest BCUT2D eigenvalue weighted by molar-refractivity contribution is 5.94. The number of hydrogen-bond acceptors (Lipinski definition) is 2. The largest absolute Gasteiger partial charge is 0.330 e. The number of carbonyl (C=O) groups is 1. The van der Waals surface area contributed by atoms with Crippen LogP contribution in [0.4, 0.5) is 0 Å². The normalized spacial score (nSPS) is 16.5. The molecule has 3 heteroatoms. The third kappa shape index (κ3) is 3.92. The first-order chi connectivity index (χ1) is 13.2. The van der Waals surface area contributed by atoms with Crippen molar-refractivity contribution in [2.75, 3.05) is 6.54 Å². The van der Waals surface area contributed by atoms with Gasteiger partial charge in [-0.05, 0) is 49.6 Å². The average molecular weight is 356 g/mol. The van der Waals surface area contributed by atoms with Crippen molar-refractivity contribution in [2.24, 2.45) is 0 Å². The minimum Gasteiger partial charge on any atom is -0.330 e. The number of amides is 1. The zero-order valence-electron chi connectivity index (χ0n) is 15.6. The van der Waals surface area contributed by atoms with Crippen molar-refractivity contribution >= 4 is 5.91 Å². The second-order valence-electron chi connectivity index (χ2n) is 7.24. The molecule has 1 amide bonds. The molecule has 27 heavy (non-hydrogen) atoms. The van der Waals surface area contributed by atoms with E-state index in [1.165, 1.54) is 11.1 Å². The Morgan fingerprint density at radius 1 is 1.00 bits per heavy atom. The molecule has 0 N–H and O–H groups in total. The molecule has 0 bridgehead atoms. The van der Waals surface area contributed by atoms with Crippen LogP contribution < -0.4 is 0 Å². The highest BCUT2D eigenvalue weighted by Crippen LogP contribution is 2.32. The van der Waals surface area contributed by atoms with Gasteiger partial charge < -0.3 is 4.90 Å². The van der Waals surface area contributed by atoms with Gasteiger partial charge in [0.25, 0.3) is 5.91 Å². The smallest absolute Gasteiger partial charge is 0.254 e. The van der Waals surface area contributed by atoms with Crippen LogP contribution in [0.2, 0.25) is 0 Å². The lowest BCUT2D eigenvalue weighted by atomic mass is 10.1. The average Bonchev–Trinajstić information content (AvgIpc) is 3.20. The Hall–Kier alpha value is -2.94. The van der Waals surface area contributed by atoms with Gasteiger partial charge in [0, 0.05) is 24.2 Å². The van der Waals surface area contributed by atoms with Gasteiger partial charge in [-0.25, -0.2) is 0 Å².